The Morgan fingerprint density at radius 3 is 2.85 bits per heavy atom. The molecule has 0 aromatic carbocycles. The molecular formula is C18H20N4O3S. The quantitative estimate of drug-likeness (QED) is 0.744. The van der Waals surface area contributed by atoms with Crippen molar-refractivity contribution in [1.29, 1.82) is 0 Å². The third kappa shape index (κ3) is 3.42. The highest BCUT2D eigenvalue weighted by Crippen LogP contribution is 2.28. The van der Waals surface area contributed by atoms with Gasteiger partial charge in [0.25, 0.3) is 5.91 Å². The predicted molar refractivity (Wildman–Crippen MR) is 96.0 cm³/mol. The number of carbonyl (C=O) groups is 1. The Morgan fingerprint density at radius 1 is 1.31 bits per heavy atom. The Morgan fingerprint density at radius 2 is 2.15 bits per heavy atom. The molecule has 0 aliphatic carbocycles. The van der Waals surface area contributed by atoms with E-state index in [2.05, 4.69) is 19.9 Å². The van der Waals surface area contributed by atoms with E-state index in [4.69, 9.17) is 9.52 Å². The first-order valence-corrected chi connectivity index (χ1v) is 9.56. The molecule has 1 aliphatic rings. The maximum absolute atomic E-state index is 12.5. The van der Waals surface area contributed by atoms with E-state index in [1.54, 1.807) is 23.5 Å². The zero-order valence-corrected chi connectivity index (χ0v) is 15.1. The number of rotatable bonds is 5. The molecule has 3 aromatic rings. The number of aliphatic hydroxyl groups is 1. The second-order valence-electron chi connectivity index (χ2n) is 6.38. The first kappa shape index (κ1) is 17.0. The van der Waals surface area contributed by atoms with Crippen molar-refractivity contribution in [3.8, 4) is 0 Å². The lowest BCUT2D eigenvalue weighted by atomic mass is 9.95. The number of aromatic nitrogens is 3. The molecule has 1 aliphatic heterocycles. The molecule has 4 rings (SSSR count). The fraction of sp³-hybridized carbons (Fsp3) is 0.389. The molecule has 3 aromatic heterocycles. The third-order valence-electron chi connectivity index (χ3n) is 4.74. The Balaban J connectivity index is 1.39. The van der Waals surface area contributed by atoms with E-state index in [0.717, 1.165) is 30.9 Å². The van der Waals surface area contributed by atoms with Crippen LogP contribution in [0.1, 0.15) is 46.6 Å². The number of hydrogen-bond acceptors (Lipinski definition) is 6. The number of likely N-dealkylation sites (tertiary alicyclic amines) is 1. The van der Waals surface area contributed by atoms with Crippen LogP contribution in [0.15, 0.2) is 39.8 Å². The van der Waals surface area contributed by atoms with Crippen LogP contribution < -0.4 is 0 Å². The Hall–Kier alpha value is -2.45. The number of amides is 1. The smallest absolute Gasteiger partial charge is 0.289 e. The summed E-state index contributed by atoms with van der Waals surface area (Å²) in [4.78, 5) is 23.2. The fourth-order valence-corrected chi connectivity index (χ4v) is 3.93. The summed E-state index contributed by atoms with van der Waals surface area (Å²) in [5.41, 5.74) is 2.88. The van der Waals surface area contributed by atoms with E-state index in [-0.39, 0.29) is 18.3 Å². The molecule has 0 bridgehead atoms. The van der Waals surface area contributed by atoms with Gasteiger partial charge in [-0.1, -0.05) is 0 Å². The lowest BCUT2D eigenvalue weighted by Crippen LogP contribution is -2.38. The number of imidazole rings is 1. The Kier molecular flexibility index (Phi) is 4.85. The highest BCUT2D eigenvalue weighted by atomic mass is 32.1. The van der Waals surface area contributed by atoms with Gasteiger partial charge in [0, 0.05) is 36.8 Å². The molecule has 7 nitrogen and oxygen atoms in total. The van der Waals surface area contributed by atoms with E-state index >= 15 is 0 Å². The monoisotopic (exact) mass is 372 g/mol. The molecule has 1 amide bonds. The molecule has 26 heavy (non-hydrogen) atoms. The van der Waals surface area contributed by atoms with Gasteiger partial charge in [-0.2, -0.15) is 0 Å². The molecule has 136 valence electrons. The fourth-order valence-electron chi connectivity index (χ4n) is 3.38. The molecule has 8 heteroatoms. The van der Waals surface area contributed by atoms with Gasteiger partial charge in [0.15, 0.2) is 5.76 Å². The largest absolute Gasteiger partial charge is 0.453 e. The van der Waals surface area contributed by atoms with Crippen LogP contribution in [-0.2, 0) is 13.2 Å². The lowest BCUT2D eigenvalue weighted by Gasteiger charge is -2.31. The molecule has 0 spiro atoms. The number of carbonyl (C=O) groups excluding carboxylic acids is 1. The zero-order valence-electron chi connectivity index (χ0n) is 14.2. The van der Waals surface area contributed by atoms with Crippen molar-refractivity contribution in [2.45, 2.75) is 31.9 Å². The van der Waals surface area contributed by atoms with Crippen LogP contribution in [0.3, 0.4) is 0 Å². The van der Waals surface area contributed by atoms with Crippen molar-refractivity contribution in [2.24, 2.45) is 0 Å². The minimum Gasteiger partial charge on any atom is -0.453 e. The molecule has 4 heterocycles. The highest BCUT2D eigenvalue weighted by Gasteiger charge is 2.28. The lowest BCUT2D eigenvalue weighted by molar-refractivity contribution is 0.0673. The van der Waals surface area contributed by atoms with E-state index < -0.39 is 0 Å². The second kappa shape index (κ2) is 7.43. The van der Waals surface area contributed by atoms with Crippen molar-refractivity contribution in [3.05, 3.63) is 58.5 Å². The van der Waals surface area contributed by atoms with Gasteiger partial charge in [0.1, 0.15) is 18.2 Å². The minimum atomic E-state index is -0.197. The standard InChI is InChI=1S/C18H20N4O3S/c23-10-15-1-2-16(25-15)18(24)21-6-3-13(4-7-21)17-19-5-8-22(17)9-14-11-26-12-20-14/h1-2,5,8,11-13,23H,3-4,6-7,9-10H2. The molecule has 1 saturated heterocycles. The molecule has 1 fully saturated rings. The van der Waals surface area contributed by atoms with Gasteiger partial charge in [0.2, 0.25) is 0 Å². The van der Waals surface area contributed by atoms with Crippen LogP contribution in [-0.4, -0.2) is 43.5 Å². The normalized spacial score (nSPS) is 15.5. The number of furan rings is 1. The van der Waals surface area contributed by atoms with Gasteiger partial charge in [-0.15, -0.1) is 11.3 Å². The molecule has 1 N–H and O–H groups in total. The van der Waals surface area contributed by atoms with Crippen molar-refractivity contribution >= 4 is 17.2 Å². The Labute approximate surface area is 154 Å². The van der Waals surface area contributed by atoms with Crippen molar-refractivity contribution in [3.63, 3.8) is 0 Å². The van der Waals surface area contributed by atoms with E-state index in [9.17, 15) is 4.79 Å². The van der Waals surface area contributed by atoms with Gasteiger partial charge >= 0.3 is 0 Å². The number of nitrogens with zero attached hydrogens (tertiary/aromatic N) is 4. The van der Waals surface area contributed by atoms with Crippen molar-refractivity contribution in [1.82, 2.24) is 19.4 Å². The van der Waals surface area contributed by atoms with E-state index in [1.807, 2.05) is 22.8 Å². The summed E-state index contributed by atoms with van der Waals surface area (Å²) in [6.45, 7) is 1.87. The summed E-state index contributed by atoms with van der Waals surface area (Å²) in [6.07, 6.45) is 5.56. The van der Waals surface area contributed by atoms with Crippen molar-refractivity contribution < 1.29 is 14.3 Å². The van der Waals surface area contributed by atoms with Crippen LogP contribution in [0, 0.1) is 0 Å². The molecule has 0 atom stereocenters. The number of piperidine rings is 1. The van der Waals surface area contributed by atoms with Gasteiger partial charge in [-0.05, 0) is 25.0 Å². The maximum atomic E-state index is 12.5. The van der Waals surface area contributed by atoms with Crippen LogP contribution in [0.4, 0.5) is 0 Å². The summed E-state index contributed by atoms with van der Waals surface area (Å²) in [5.74, 6) is 1.97. The SMILES string of the molecule is O=C(c1ccc(CO)o1)N1CCC(c2nccn2Cc2cscn2)CC1. The predicted octanol–water partition coefficient (Wildman–Crippen LogP) is 2.49. The Bertz CT molecular complexity index is 863. The minimum absolute atomic E-state index is 0.117. The first-order valence-electron chi connectivity index (χ1n) is 8.61. The van der Waals surface area contributed by atoms with Gasteiger partial charge < -0.3 is 19.0 Å². The zero-order chi connectivity index (χ0) is 17.9. The van der Waals surface area contributed by atoms with Gasteiger partial charge in [0.05, 0.1) is 17.7 Å². The van der Waals surface area contributed by atoms with Crippen LogP contribution in [0.2, 0.25) is 0 Å². The topological polar surface area (TPSA) is 84.4 Å². The summed E-state index contributed by atoms with van der Waals surface area (Å²) in [6, 6.07) is 3.26. The molecular weight excluding hydrogens is 352 g/mol. The van der Waals surface area contributed by atoms with E-state index in [0.29, 0.717) is 24.8 Å². The number of aliphatic hydroxyl groups excluding tert-OH is 1. The van der Waals surface area contributed by atoms with Crippen LogP contribution in [0.5, 0.6) is 0 Å². The highest BCUT2D eigenvalue weighted by molar-refractivity contribution is 7.07. The average molecular weight is 372 g/mol. The van der Waals surface area contributed by atoms with Crippen LogP contribution >= 0.6 is 11.3 Å². The molecule has 0 radical (unpaired) electrons. The van der Waals surface area contributed by atoms with Crippen LogP contribution in [0.25, 0.3) is 0 Å². The maximum Gasteiger partial charge on any atom is 0.289 e. The second-order valence-corrected chi connectivity index (χ2v) is 7.10. The first-order chi connectivity index (χ1) is 12.7. The van der Waals surface area contributed by atoms with Gasteiger partial charge in [-0.3, -0.25) is 4.79 Å². The molecule has 0 unspecified atom stereocenters. The summed E-state index contributed by atoms with van der Waals surface area (Å²) >= 11 is 1.59. The summed E-state index contributed by atoms with van der Waals surface area (Å²) < 4.78 is 7.51. The summed E-state index contributed by atoms with van der Waals surface area (Å²) in [7, 11) is 0. The van der Waals surface area contributed by atoms with Gasteiger partial charge in [-0.25, -0.2) is 9.97 Å². The number of thiazole rings is 1. The van der Waals surface area contributed by atoms with Crippen molar-refractivity contribution in [2.75, 3.05) is 13.1 Å². The average Bonchev–Trinajstić information content (AvgIpc) is 3.43. The third-order valence-corrected chi connectivity index (χ3v) is 5.37. The molecule has 0 saturated carbocycles. The summed E-state index contributed by atoms with van der Waals surface area (Å²) in [5, 5.41) is 11.1. The number of hydrogen-bond donors (Lipinski definition) is 1. The van der Waals surface area contributed by atoms with E-state index in [1.165, 1.54) is 0 Å².